The maximum Gasteiger partial charge on any atom is 0.148 e. The van der Waals surface area contributed by atoms with Crippen LogP contribution in [-0.2, 0) is 9.84 Å². The second-order valence-electron chi connectivity index (χ2n) is 5.08. The molecule has 0 amide bonds. The van der Waals surface area contributed by atoms with Gasteiger partial charge in [-0.3, -0.25) is 0 Å². The standard InChI is InChI=1S/C11H24N2O2S/c1-13(8-9-16(2,14)15)7-6-10-4-3-5-11(10)12/h10-11H,3-9,12H2,1-2H3. The van der Waals surface area contributed by atoms with Gasteiger partial charge in [-0.05, 0) is 38.8 Å². The minimum absolute atomic E-state index is 0.250. The molecule has 1 rings (SSSR count). The van der Waals surface area contributed by atoms with Crippen LogP contribution in [0.4, 0.5) is 0 Å². The summed E-state index contributed by atoms with van der Waals surface area (Å²) in [4.78, 5) is 2.09. The second kappa shape index (κ2) is 5.98. The second-order valence-corrected chi connectivity index (χ2v) is 7.34. The Morgan fingerprint density at radius 1 is 1.31 bits per heavy atom. The Hall–Kier alpha value is -0.130. The van der Waals surface area contributed by atoms with Crippen LogP contribution in [0.5, 0.6) is 0 Å². The van der Waals surface area contributed by atoms with Gasteiger partial charge in [-0.25, -0.2) is 8.42 Å². The largest absolute Gasteiger partial charge is 0.327 e. The summed E-state index contributed by atoms with van der Waals surface area (Å²) >= 11 is 0. The van der Waals surface area contributed by atoms with Crippen LogP contribution < -0.4 is 5.73 Å². The van der Waals surface area contributed by atoms with E-state index in [4.69, 9.17) is 5.73 Å². The van der Waals surface area contributed by atoms with Gasteiger partial charge in [0.15, 0.2) is 0 Å². The van der Waals surface area contributed by atoms with Gasteiger partial charge in [0.05, 0.1) is 5.75 Å². The Balaban J connectivity index is 2.17. The molecule has 16 heavy (non-hydrogen) atoms. The Kier molecular flexibility index (Phi) is 5.21. The van der Waals surface area contributed by atoms with Gasteiger partial charge < -0.3 is 10.6 Å². The van der Waals surface area contributed by atoms with E-state index in [1.165, 1.54) is 19.1 Å². The predicted molar refractivity (Wildman–Crippen MR) is 67.1 cm³/mol. The number of nitrogens with two attached hydrogens (primary N) is 1. The molecule has 1 saturated carbocycles. The summed E-state index contributed by atoms with van der Waals surface area (Å²) in [6.45, 7) is 1.58. The molecule has 0 radical (unpaired) electrons. The molecule has 0 aromatic rings. The average Bonchev–Trinajstić information content (AvgIpc) is 2.57. The summed E-state index contributed by atoms with van der Waals surface area (Å²) in [5.74, 6) is 0.890. The van der Waals surface area contributed by atoms with Crippen LogP contribution >= 0.6 is 0 Å². The highest BCUT2D eigenvalue weighted by Crippen LogP contribution is 2.26. The number of rotatable bonds is 6. The number of hydrogen-bond acceptors (Lipinski definition) is 4. The molecule has 1 aliphatic rings. The fraction of sp³-hybridized carbons (Fsp3) is 1.00. The third-order valence-corrected chi connectivity index (χ3v) is 4.37. The van der Waals surface area contributed by atoms with Crippen molar-refractivity contribution in [3.05, 3.63) is 0 Å². The number of hydrogen-bond donors (Lipinski definition) is 1. The SMILES string of the molecule is CN(CCC1CCCC1N)CCS(C)(=O)=O. The molecule has 4 nitrogen and oxygen atoms in total. The zero-order valence-electron chi connectivity index (χ0n) is 10.4. The maximum absolute atomic E-state index is 11.0. The lowest BCUT2D eigenvalue weighted by Gasteiger charge is -2.20. The highest BCUT2D eigenvalue weighted by molar-refractivity contribution is 7.90. The van der Waals surface area contributed by atoms with Gasteiger partial charge in [0.1, 0.15) is 9.84 Å². The van der Waals surface area contributed by atoms with E-state index in [9.17, 15) is 8.42 Å². The normalized spacial score (nSPS) is 26.5. The Morgan fingerprint density at radius 3 is 2.50 bits per heavy atom. The van der Waals surface area contributed by atoms with Crippen LogP contribution in [0.3, 0.4) is 0 Å². The Morgan fingerprint density at radius 2 is 2.00 bits per heavy atom. The van der Waals surface area contributed by atoms with Gasteiger partial charge in [-0.2, -0.15) is 0 Å². The van der Waals surface area contributed by atoms with Gasteiger partial charge in [0.2, 0.25) is 0 Å². The third-order valence-electron chi connectivity index (χ3n) is 3.44. The zero-order chi connectivity index (χ0) is 12.2. The third kappa shape index (κ3) is 5.27. The van der Waals surface area contributed by atoms with Crippen LogP contribution in [0, 0.1) is 5.92 Å². The predicted octanol–water partition coefficient (Wildman–Crippen LogP) is 0.480. The molecule has 0 saturated heterocycles. The maximum atomic E-state index is 11.0. The van der Waals surface area contributed by atoms with E-state index in [1.54, 1.807) is 0 Å². The average molecular weight is 248 g/mol. The molecule has 0 bridgehead atoms. The van der Waals surface area contributed by atoms with Crippen molar-refractivity contribution in [1.29, 1.82) is 0 Å². The molecule has 1 fully saturated rings. The number of sulfone groups is 1. The minimum atomic E-state index is -2.83. The van der Waals surface area contributed by atoms with E-state index in [2.05, 4.69) is 4.90 Å². The van der Waals surface area contributed by atoms with Crippen molar-refractivity contribution in [2.75, 3.05) is 32.1 Å². The van der Waals surface area contributed by atoms with Crippen LogP contribution in [0.2, 0.25) is 0 Å². The lowest BCUT2D eigenvalue weighted by atomic mass is 10.0. The molecule has 0 aliphatic heterocycles. The quantitative estimate of drug-likeness (QED) is 0.742. The van der Waals surface area contributed by atoms with Crippen molar-refractivity contribution in [2.45, 2.75) is 31.7 Å². The zero-order valence-corrected chi connectivity index (χ0v) is 11.2. The fourth-order valence-corrected chi connectivity index (χ4v) is 2.89. The van der Waals surface area contributed by atoms with Crippen molar-refractivity contribution in [3.63, 3.8) is 0 Å². The molecule has 2 N–H and O–H groups in total. The lowest BCUT2D eigenvalue weighted by Crippen LogP contribution is -2.31. The Labute approximate surface area is 99.1 Å². The summed E-state index contributed by atoms with van der Waals surface area (Å²) in [6, 6.07) is 0.364. The summed E-state index contributed by atoms with van der Waals surface area (Å²) in [6.07, 6.45) is 6.02. The summed E-state index contributed by atoms with van der Waals surface area (Å²) in [5.41, 5.74) is 5.99. The fourth-order valence-electron chi connectivity index (χ4n) is 2.24. The first-order chi connectivity index (χ1) is 7.38. The van der Waals surface area contributed by atoms with E-state index in [1.807, 2.05) is 7.05 Å². The first kappa shape index (κ1) is 13.9. The van der Waals surface area contributed by atoms with Gasteiger partial charge in [-0.1, -0.05) is 6.42 Å². The molecule has 0 aromatic carbocycles. The topological polar surface area (TPSA) is 63.4 Å². The smallest absolute Gasteiger partial charge is 0.148 e. The van der Waals surface area contributed by atoms with Crippen LogP contribution in [0.25, 0.3) is 0 Å². The first-order valence-corrected chi connectivity index (χ1v) is 8.06. The molecule has 0 heterocycles. The van der Waals surface area contributed by atoms with Crippen molar-refractivity contribution in [3.8, 4) is 0 Å². The van der Waals surface area contributed by atoms with Gasteiger partial charge >= 0.3 is 0 Å². The van der Waals surface area contributed by atoms with Crippen LogP contribution in [0.15, 0.2) is 0 Å². The molecule has 0 aromatic heterocycles. The minimum Gasteiger partial charge on any atom is -0.327 e. The molecule has 1 aliphatic carbocycles. The molecule has 2 atom stereocenters. The van der Waals surface area contributed by atoms with E-state index in [-0.39, 0.29) is 5.75 Å². The molecule has 96 valence electrons. The molecular weight excluding hydrogens is 224 g/mol. The van der Waals surface area contributed by atoms with Crippen molar-refractivity contribution in [2.24, 2.45) is 11.7 Å². The van der Waals surface area contributed by atoms with Crippen molar-refractivity contribution < 1.29 is 8.42 Å². The van der Waals surface area contributed by atoms with E-state index >= 15 is 0 Å². The van der Waals surface area contributed by atoms with E-state index in [0.717, 1.165) is 19.4 Å². The van der Waals surface area contributed by atoms with Crippen LogP contribution in [-0.4, -0.2) is 51.5 Å². The molecule has 2 unspecified atom stereocenters. The highest BCUT2D eigenvalue weighted by Gasteiger charge is 2.23. The summed E-state index contributed by atoms with van der Waals surface area (Å²) in [7, 11) is -0.856. The van der Waals surface area contributed by atoms with E-state index in [0.29, 0.717) is 18.5 Å². The van der Waals surface area contributed by atoms with Gasteiger partial charge in [0, 0.05) is 18.8 Å². The monoisotopic (exact) mass is 248 g/mol. The highest BCUT2D eigenvalue weighted by atomic mass is 32.2. The first-order valence-electron chi connectivity index (χ1n) is 6.00. The van der Waals surface area contributed by atoms with Crippen molar-refractivity contribution >= 4 is 9.84 Å². The summed E-state index contributed by atoms with van der Waals surface area (Å²) < 4.78 is 22.0. The Bertz CT molecular complexity index is 303. The molecule has 0 spiro atoms. The molecule has 5 heteroatoms. The summed E-state index contributed by atoms with van der Waals surface area (Å²) in [5, 5.41) is 0. The van der Waals surface area contributed by atoms with Gasteiger partial charge in [0.25, 0.3) is 0 Å². The van der Waals surface area contributed by atoms with Crippen molar-refractivity contribution in [1.82, 2.24) is 4.90 Å². The molecular formula is C11H24N2O2S. The van der Waals surface area contributed by atoms with E-state index < -0.39 is 9.84 Å². The number of nitrogens with zero attached hydrogens (tertiary/aromatic N) is 1. The van der Waals surface area contributed by atoms with Crippen LogP contribution in [0.1, 0.15) is 25.7 Å². The van der Waals surface area contributed by atoms with Gasteiger partial charge in [-0.15, -0.1) is 0 Å². The lowest BCUT2D eigenvalue weighted by molar-refractivity contribution is 0.305.